The third-order valence-corrected chi connectivity index (χ3v) is 2.75. The fourth-order valence-electron chi connectivity index (χ4n) is 1.47. The molecule has 14 heavy (non-hydrogen) atoms. The number of carbonyl (C=O) groups is 1. The molecule has 1 N–H and O–H groups in total. The molecule has 1 aromatic rings. The number of aliphatic carboxylic acids is 1. The SMILES string of the molecule is Cc1ncc(Cl)c(C2(C(=O)O)CC2)n1. The summed E-state index contributed by atoms with van der Waals surface area (Å²) in [5.41, 5.74) is -0.385. The number of nitrogens with zero attached hydrogens (tertiary/aromatic N) is 2. The van der Waals surface area contributed by atoms with Gasteiger partial charge in [0.15, 0.2) is 0 Å². The van der Waals surface area contributed by atoms with Crippen molar-refractivity contribution in [3.05, 3.63) is 22.7 Å². The molecule has 4 nitrogen and oxygen atoms in total. The molecule has 0 aromatic carbocycles. The van der Waals surface area contributed by atoms with Crippen LogP contribution in [0.1, 0.15) is 24.4 Å². The first-order valence-corrected chi connectivity index (χ1v) is 4.67. The molecule has 5 heteroatoms. The lowest BCUT2D eigenvalue weighted by Crippen LogP contribution is -2.22. The van der Waals surface area contributed by atoms with Crippen LogP contribution in [0.15, 0.2) is 6.20 Å². The van der Waals surface area contributed by atoms with Crippen molar-refractivity contribution in [2.75, 3.05) is 0 Å². The Morgan fingerprint density at radius 3 is 2.79 bits per heavy atom. The molecule has 1 heterocycles. The molecule has 0 spiro atoms. The second kappa shape index (κ2) is 2.92. The molecule has 2 rings (SSSR count). The highest BCUT2D eigenvalue weighted by molar-refractivity contribution is 6.31. The van der Waals surface area contributed by atoms with Crippen molar-refractivity contribution in [2.45, 2.75) is 25.2 Å². The number of rotatable bonds is 2. The topological polar surface area (TPSA) is 63.1 Å². The molecule has 1 aliphatic carbocycles. The Morgan fingerprint density at radius 1 is 1.64 bits per heavy atom. The van der Waals surface area contributed by atoms with E-state index in [1.807, 2.05) is 0 Å². The highest BCUT2D eigenvalue weighted by atomic mass is 35.5. The summed E-state index contributed by atoms with van der Waals surface area (Å²) >= 11 is 5.88. The summed E-state index contributed by atoms with van der Waals surface area (Å²) in [6, 6.07) is 0. The van der Waals surface area contributed by atoms with E-state index in [0.29, 0.717) is 29.4 Å². The number of aromatic nitrogens is 2. The van der Waals surface area contributed by atoms with Crippen molar-refractivity contribution < 1.29 is 9.90 Å². The van der Waals surface area contributed by atoms with Gasteiger partial charge >= 0.3 is 5.97 Å². The predicted molar refractivity (Wildman–Crippen MR) is 50.3 cm³/mol. The molecule has 0 radical (unpaired) electrons. The number of aryl methyl sites for hydroxylation is 1. The van der Waals surface area contributed by atoms with Crippen LogP contribution < -0.4 is 0 Å². The van der Waals surface area contributed by atoms with Crippen LogP contribution in [0.4, 0.5) is 0 Å². The van der Waals surface area contributed by atoms with E-state index in [2.05, 4.69) is 9.97 Å². The van der Waals surface area contributed by atoms with Crippen LogP contribution in [0.3, 0.4) is 0 Å². The van der Waals surface area contributed by atoms with Crippen molar-refractivity contribution >= 4 is 17.6 Å². The van der Waals surface area contributed by atoms with Gasteiger partial charge in [-0.05, 0) is 19.8 Å². The van der Waals surface area contributed by atoms with Crippen molar-refractivity contribution in [3.8, 4) is 0 Å². The molecule has 1 aliphatic rings. The highest BCUT2D eigenvalue weighted by Gasteiger charge is 2.54. The second-order valence-electron chi connectivity index (χ2n) is 3.50. The Balaban J connectivity index is 2.51. The first-order chi connectivity index (χ1) is 6.56. The van der Waals surface area contributed by atoms with Crippen LogP contribution in [0.5, 0.6) is 0 Å². The number of hydrogen-bond donors (Lipinski definition) is 1. The first-order valence-electron chi connectivity index (χ1n) is 4.29. The van der Waals surface area contributed by atoms with E-state index < -0.39 is 11.4 Å². The van der Waals surface area contributed by atoms with Gasteiger partial charge in [0.05, 0.1) is 10.7 Å². The fourth-order valence-corrected chi connectivity index (χ4v) is 1.74. The summed E-state index contributed by atoms with van der Waals surface area (Å²) < 4.78 is 0. The van der Waals surface area contributed by atoms with E-state index >= 15 is 0 Å². The molecule has 1 aromatic heterocycles. The second-order valence-corrected chi connectivity index (χ2v) is 3.91. The molecular formula is C9H9ClN2O2. The van der Waals surface area contributed by atoms with Crippen molar-refractivity contribution in [1.29, 1.82) is 0 Å². The number of carboxylic acid groups (broad SMARTS) is 1. The number of halogens is 1. The third kappa shape index (κ3) is 1.26. The highest BCUT2D eigenvalue weighted by Crippen LogP contribution is 2.49. The van der Waals surface area contributed by atoms with Gasteiger partial charge in [-0.2, -0.15) is 0 Å². The van der Waals surface area contributed by atoms with E-state index in [4.69, 9.17) is 16.7 Å². The zero-order valence-electron chi connectivity index (χ0n) is 7.62. The number of carboxylic acids is 1. The monoisotopic (exact) mass is 212 g/mol. The summed E-state index contributed by atoms with van der Waals surface area (Å²) in [5, 5.41) is 9.40. The maximum Gasteiger partial charge on any atom is 0.315 e. The lowest BCUT2D eigenvalue weighted by molar-refractivity contribution is -0.140. The van der Waals surface area contributed by atoms with Crippen LogP contribution in [-0.4, -0.2) is 21.0 Å². The zero-order valence-corrected chi connectivity index (χ0v) is 8.38. The van der Waals surface area contributed by atoms with Crippen LogP contribution >= 0.6 is 11.6 Å². The van der Waals surface area contributed by atoms with Crippen molar-refractivity contribution in [3.63, 3.8) is 0 Å². The normalized spacial score (nSPS) is 17.9. The van der Waals surface area contributed by atoms with Gasteiger partial charge in [-0.1, -0.05) is 11.6 Å². The Hall–Kier alpha value is -1.16. The molecule has 0 unspecified atom stereocenters. The summed E-state index contributed by atoms with van der Waals surface area (Å²) in [4.78, 5) is 19.0. The summed E-state index contributed by atoms with van der Waals surface area (Å²) in [6.07, 6.45) is 2.68. The van der Waals surface area contributed by atoms with E-state index in [-0.39, 0.29) is 0 Å². The minimum Gasteiger partial charge on any atom is -0.481 e. The van der Waals surface area contributed by atoms with Gasteiger partial charge in [0.2, 0.25) is 0 Å². The minimum atomic E-state index is -0.850. The molecule has 0 bridgehead atoms. The fraction of sp³-hybridized carbons (Fsp3) is 0.444. The maximum absolute atomic E-state index is 11.0. The zero-order chi connectivity index (χ0) is 10.3. The lowest BCUT2D eigenvalue weighted by atomic mass is 10.0. The Bertz CT molecular complexity index is 402. The van der Waals surface area contributed by atoms with Gasteiger partial charge in [-0.15, -0.1) is 0 Å². The molecule has 0 aliphatic heterocycles. The smallest absolute Gasteiger partial charge is 0.315 e. The standard InChI is InChI=1S/C9H9ClN2O2/c1-5-11-4-6(10)7(12-5)9(2-3-9)8(13)14/h4H,2-3H2,1H3,(H,13,14). The quantitative estimate of drug-likeness (QED) is 0.808. The van der Waals surface area contributed by atoms with Gasteiger partial charge in [-0.25, -0.2) is 9.97 Å². The van der Waals surface area contributed by atoms with Crippen LogP contribution in [0.2, 0.25) is 5.02 Å². The Labute approximate surface area is 85.9 Å². The number of hydrogen-bond acceptors (Lipinski definition) is 3. The first kappa shape index (κ1) is 9.40. The van der Waals surface area contributed by atoms with Gasteiger partial charge in [0.1, 0.15) is 11.2 Å². The van der Waals surface area contributed by atoms with Crippen molar-refractivity contribution in [1.82, 2.24) is 9.97 Å². The molecule has 0 amide bonds. The largest absolute Gasteiger partial charge is 0.481 e. The van der Waals surface area contributed by atoms with Crippen LogP contribution in [0, 0.1) is 6.92 Å². The predicted octanol–water partition coefficient (Wildman–Crippen LogP) is 1.55. The minimum absolute atomic E-state index is 0.343. The van der Waals surface area contributed by atoms with E-state index in [0.717, 1.165) is 0 Å². The molecule has 1 saturated carbocycles. The van der Waals surface area contributed by atoms with Gasteiger partial charge < -0.3 is 5.11 Å². The van der Waals surface area contributed by atoms with E-state index in [9.17, 15) is 4.79 Å². The maximum atomic E-state index is 11.0. The average Bonchev–Trinajstić information content (AvgIpc) is 2.90. The summed E-state index contributed by atoms with van der Waals surface area (Å²) in [7, 11) is 0. The molecule has 74 valence electrons. The Kier molecular flexibility index (Phi) is 1.96. The third-order valence-electron chi connectivity index (χ3n) is 2.48. The van der Waals surface area contributed by atoms with Crippen LogP contribution in [-0.2, 0) is 10.2 Å². The van der Waals surface area contributed by atoms with Gasteiger partial charge in [0.25, 0.3) is 0 Å². The van der Waals surface area contributed by atoms with E-state index in [1.165, 1.54) is 6.20 Å². The van der Waals surface area contributed by atoms with Crippen LogP contribution in [0.25, 0.3) is 0 Å². The van der Waals surface area contributed by atoms with Gasteiger partial charge in [-0.3, -0.25) is 4.79 Å². The van der Waals surface area contributed by atoms with Crippen molar-refractivity contribution in [2.24, 2.45) is 0 Å². The molecule has 0 atom stereocenters. The molecule has 1 fully saturated rings. The molecule has 0 saturated heterocycles. The van der Waals surface area contributed by atoms with E-state index in [1.54, 1.807) is 6.92 Å². The average molecular weight is 213 g/mol. The summed E-state index contributed by atoms with van der Waals surface area (Å²) in [5.74, 6) is -0.297. The van der Waals surface area contributed by atoms with Gasteiger partial charge in [0, 0.05) is 6.20 Å². The Morgan fingerprint density at radius 2 is 2.29 bits per heavy atom. The lowest BCUT2D eigenvalue weighted by Gasteiger charge is -2.10. The summed E-state index contributed by atoms with van der Waals surface area (Å²) in [6.45, 7) is 1.72. The molecular weight excluding hydrogens is 204 g/mol.